The highest BCUT2D eigenvalue weighted by Gasteiger charge is 2.15. The van der Waals surface area contributed by atoms with Gasteiger partial charge < -0.3 is 9.40 Å². The summed E-state index contributed by atoms with van der Waals surface area (Å²) in [5.74, 6) is -1.10. The minimum atomic E-state index is -0.690. The smallest absolute Gasteiger partial charge is 0.347 e. The number of hydrogen-bond donors (Lipinski definition) is 1. The number of nitrogens with one attached hydrogen (secondary N) is 1. The average molecular weight is 298 g/mol. The quantitative estimate of drug-likeness (QED) is 0.584. The summed E-state index contributed by atoms with van der Waals surface area (Å²) in [6.07, 6.45) is 1.48. The van der Waals surface area contributed by atoms with Gasteiger partial charge in [-0.15, -0.1) is 0 Å². The Morgan fingerprint density at radius 1 is 1.00 bits per heavy atom. The van der Waals surface area contributed by atoms with Crippen LogP contribution in [0.4, 0.5) is 8.78 Å². The van der Waals surface area contributed by atoms with Crippen LogP contribution in [0.5, 0.6) is 0 Å². The number of halogens is 2. The molecule has 1 N–H and O–H groups in total. The third-order valence-electron chi connectivity index (χ3n) is 3.50. The molecule has 0 spiro atoms. The maximum absolute atomic E-state index is 13.9. The molecule has 0 fully saturated rings. The van der Waals surface area contributed by atoms with Crippen LogP contribution in [0.3, 0.4) is 0 Å². The van der Waals surface area contributed by atoms with Gasteiger partial charge in [0.1, 0.15) is 17.2 Å². The molecule has 0 aliphatic heterocycles. The lowest BCUT2D eigenvalue weighted by Crippen LogP contribution is -2.04. The van der Waals surface area contributed by atoms with Gasteiger partial charge in [-0.2, -0.15) is 0 Å². The van der Waals surface area contributed by atoms with E-state index in [1.165, 1.54) is 36.5 Å². The molecule has 0 aliphatic carbocycles. The minimum absolute atomic E-state index is 0.0561. The normalized spacial score (nSPS) is 11.4. The van der Waals surface area contributed by atoms with Crippen LogP contribution in [-0.4, -0.2) is 9.97 Å². The van der Waals surface area contributed by atoms with E-state index in [1.807, 2.05) is 0 Å². The van der Waals surface area contributed by atoms with Crippen molar-refractivity contribution in [1.29, 1.82) is 0 Å². The molecule has 6 heteroatoms. The zero-order valence-corrected chi connectivity index (χ0v) is 11.1. The summed E-state index contributed by atoms with van der Waals surface area (Å²) >= 11 is 0. The number of rotatable bonds is 1. The first-order chi connectivity index (χ1) is 10.6. The molecular formula is C16H8F2N2O2. The molecule has 0 amide bonds. The second-order valence-corrected chi connectivity index (χ2v) is 4.81. The number of H-pyrrole nitrogens is 1. The van der Waals surface area contributed by atoms with Gasteiger partial charge in [0.2, 0.25) is 5.89 Å². The first kappa shape index (κ1) is 12.7. The number of nitrogens with zero attached hydrogens (tertiary/aromatic N) is 1. The number of benzene rings is 2. The molecule has 4 aromatic rings. The monoisotopic (exact) mass is 298 g/mol. The van der Waals surface area contributed by atoms with Crippen LogP contribution in [0.1, 0.15) is 0 Å². The van der Waals surface area contributed by atoms with E-state index >= 15 is 0 Å². The molecule has 0 unspecified atom stereocenters. The topological polar surface area (TPSA) is 58.9 Å². The SMILES string of the molecule is O=c1oc(-c2c[nH]c3c(F)cccc23)nc2c(F)cccc12. The molecule has 4 rings (SSSR count). The summed E-state index contributed by atoms with van der Waals surface area (Å²) in [5.41, 5.74) is -0.0860. The highest BCUT2D eigenvalue weighted by atomic mass is 19.1. The summed E-state index contributed by atoms with van der Waals surface area (Å²) < 4.78 is 32.7. The van der Waals surface area contributed by atoms with Crippen LogP contribution in [0.2, 0.25) is 0 Å². The molecule has 2 heterocycles. The highest BCUT2D eigenvalue weighted by molar-refractivity contribution is 5.94. The Morgan fingerprint density at radius 3 is 2.55 bits per heavy atom. The van der Waals surface area contributed by atoms with E-state index in [0.29, 0.717) is 10.9 Å². The molecule has 22 heavy (non-hydrogen) atoms. The lowest BCUT2D eigenvalue weighted by molar-refractivity contribution is 0.516. The fraction of sp³-hybridized carbons (Fsp3) is 0. The summed E-state index contributed by atoms with van der Waals surface area (Å²) in [7, 11) is 0. The van der Waals surface area contributed by atoms with E-state index < -0.39 is 17.3 Å². The largest absolute Gasteiger partial charge is 0.403 e. The van der Waals surface area contributed by atoms with Gasteiger partial charge in [-0.1, -0.05) is 18.2 Å². The van der Waals surface area contributed by atoms with Gasteiger partial charge in [-0.25, -0.2) is 18.6 Å². The van der Waals surface area contributed by atoms with E-state index in [9.17, 15) is 13.6 Å². The van der Waals surface area contributed by atoms with Crippen molar-refractivity contribution in [3.8, 4) is 11.5 Å². The Labute approximate surface area is 122 Å². The Balaban J connectivity index is 2.07. The lowest BCUT2D eigenvalue weighted by atomic mass is 10.1. The van der Waals surface area contributed by atoms with E-state index in [2.05, 4.69) is 9.97 Å². The molecule has 0 aliphatic rings. The number of para-hydroxylation sites is 2. The van der Waals surface area contributed by atoms with Crippen molar-refractivity contribution in [3.05, 3.63) is 64.6 Å². The first-order valence-electron chi connectivity index (χ1n) is 6.50. The lowest BCUT2D eigenvalue weighted by Gasteiger charge is -2.01. The third kappa shape index (κ3) is 1.74. The summed E-state index contributed by atoms with van der Waals surface area (Å²) in [4.78, 5) is 18.8. The Morgan fingerprint density at radius 2 is 1.73 bits per heavy atom. The van der Waals surface area contributed by atoms with Crippen LogP contribution >= 0.6 is 0 Å². The summed E-state index contributed by atoms with van der Waals surface area (Å²) in [6, 6.07) is 8.58. The predicted octanol–water partition coefficient (Wildman–Crippen LogP) is 3.61. The van der Waals surface area contributed by atoms with Gasteiger partial charge in [0, 0.05) is 11.6 Å². The predicted molar refractivity (Wildman–Crippen MR) is 77.5 cm³/mol. The van der Waals surface area contributed by atoms with E-state index in [1.54, 1.807) is 6.07 Å². The molecule has 2 aromatic carbocycles. The fourth-order valence-corrected chi connectivity index (χ4v) is 2.47. The van der Waals surface area contributed by atoms with E-state index in [-0.39, 0.29) is 22.3 Å². The van der Waals surface area contributed by atoms with Crippen molar-refractivity contribution < 1.29 is 13.2 Å². The molecular weight excluding hydrogens is 290 g/mol. The Hall–Kier alpha value is -3.02. The Kier molecular flexibility index (Phi) is 2.59. The van der Waals surface area contributed by atoms with Crippen LogP contribution in [-0.2, 0) is 0 Å². The number of fused-ring (bicyclic) bond motifs is 2. The second-order valence-electron chi connectivity index (χ2n) is 4.81. The van der Waals surface area contributed by atoms with Crippen LogP contribution in [0.25, 0.3) is 33.3 Å². The zero-order chi connectivity index (χ0) is 15.3. The fourth-order valence-electron chi connectivity index (χ4n) is 2.47. The second kappa shape index (κ2) is 4.49. The summed E-state index contributed by atoms with van der Waals surface area (Å²) in [5, 5.41) is 0.570. The molecule has 0 atom stereocenters. The number of aromatic amines is 1. The van der Waals surface area contributed by atoms with Gasteiger partial charge in [0.05, 0.1) is 16.5 Å². The highest BCUT2D eigenvalue weighted by Crippen LogP contribution is 2.29. The van der Waals surface area contributed by atoms with Crippen molar-refractivity contribution in [2.75, 3.05) is 0 Å². The van der Waals surface area contributed by atoms with Crippen molar-refractivity contribution in [2.24, 2.45) is 0 Å². The number of hydrogen-bond acceptors (Lipinski definition) is 3. The first-order valence-corrected chi connectivity index (χ1v) is 6.50. The van der Waals surface area contributed by atoms with Crippen molar-refractivity contribution >= 4 is 21.8 Å². The number of aromatic nitrogens is 2. The van der Waals surface area contributed by atoms with Gasteiger partial charge in [0.25, 0.3) is 0 Å². The maximum atomic E-state index is 13.9. The van der Waals surface area contributed by atoms with E-state index in [0.717, 1.165) is 0 Å². The minimum Gasteiger partial charge on any atom is -0.403 e. The molecule has 2 aromatic heterocycles. The molecule has 0 bridgehead atoms. The standard InChI is InChI=1S/C16H8F2N2O2/c17-11-5-1-3-8-10(7-19-13(8)11)15-20-14-9(16(21)22-15)4-2-6-12(14)18/h1-7,19H. The van der Waals surface area contributed by atoms with Crippen LogP contribution in [0.15, 0.2) is 51.8 Å². The van der Waals surface area contributed by atoms with Crippen molar-refractivity contribution in [3.63, 3.8) is 0 Å². The molecule has 4 nitrogen and oxygen atoms in total. The summed E-state index contributed by atoms with van der Waals surface area (Å²) in [6.45, 7) is 0. The van der Waals surface area contributed by atoms with Crippen LogP contribution in [0, 0.1) is 11.6 Å². The molecule has 108 valence electrons. The van der Waals surface area contributed by atoms with Gasteiger partial charge in [-0.05, 0) is 18.2 Å². The van der Waals surface area contributed by atoms with Crippen molar-refractivity contribution in [1.82, 2.24) is 9.97 Å². The zero-order valence-electron chi connectivity index (χ0n) is 11.1. The van der Waals surface area contributed by atoms with Crippen molar-refractivity contribution in [2.45, 2.75) is 0 Å². The Bertz CT molecular complexity index is 1080. The maximum Gasteiger partial charge on any atom is 0.347 e. The van der Waals surface area contributed by atoms with Gasteiger partial charge in [0.15, 0.2) is 0 Å². The van der Waals surface area contributed by atoms with Crippen LogP contribution < -0.4 is 5.63 Å². The van der Waals surface area contributed by atoms with Gasteiger partial charge >= 0.3 is 5.63 Å². The molecule has 0 radical (unpaired) electrons. The average Bonchev–Trinajstić information content (AvgIpc) is 2.94. The third-order valence-corrected chi connectivity index (χ3v) is 3.50. The van der Waals surface area contributed by atoms with Gasteiger partial charge in [-0.3, -0.25) is 0 Å². The van der Waals surface area contributed by atoms with E-state index in [4.69, 9.17) is 4.42 Å². The molecule has 0 saturated carbocycles. The molecule has 0 saturated heterocycles.